The molecule has 0 fully saturated rings. The molecule has 1 heterocycles. The van der Waals surface area contributed by atoms with Crippen molar-refractivity contribution in [1.82, 2.24) is 9.55 Å². The Kier molecular flexibility index (Phi) is 4.00. The van der Waals surface area contributed by atoms with Gasteiger partial charge in [0.1, 0.15) is 5.82 Å². The van der Waals surface area contributed by atoms with Gasteiger partial charge in [0.2, 0.25) is 0 Å². The maximum Gasteiger partial charge on any atom is 0.114 e. The van der Waals surface area contributed by atoms with Gasteiger partial charge in [-0.05, 0) is 42.3 Å². The van der Waals surface area contributed by atoms with Crippen molar-refractivity contribution in [2.24, 2.45) is 7.05 Å². The Morgan fingerprint density at radius 1 is 1.14 bits per heavy atom. The molecule has 3 aromatic rings. The fraction of sp³-hybridized carbons (Fsp3) is 0.188. The molecule has 5 heteroatoms. The molecule has 0 amide bonds. The van der Waals surface area contributed by atoms with Crippen molar-refractivity contribution in [2.45, 2.75) is 13.3 Å². The van der Waals surface area contributed by atoms with Crippen LogP contribution in [0.25, 0.3) is 11.0 Å². The fourth-order valence-electron chi connectivity index (χ4n) is 2.43. The van der Waals surface area contributed by atoms with E-state index >= 15 is 0 Å². The summed E-state index contributed by atoms with van der Waals surface area (Å²) in [5.74, 6) is 0.946. The Bertz CT molecular complexity index is 820. The van der Waals surface area contributed by atoms with Crippen molar-refractivity contribution in [3.05, 3.63) is 61.8 Å². The number of rotatable bonds is 2. The lowest BCUT2D eigenvalue weighted by molar-refractivity contribution is 0.845. The summed E-state index contributed by atoms with van der Waals surface area (Å²) in [6.45, 7) is 2.06. The minimum absolute atomic E-state index is 0.612. The van der Waals surface area contributed by atoms with Gasteiger partial charge >= 0.3 is 0 Å². The van der Waals surface area contributed by atoms with E-state index in [0.717, 1.165) is 32.5 Å². The van der Waals surface area contributed by atoms with Gasteiger partial charge in [-0.1, -0.05) is 45.2 Å². The molecule has 2 aromatic carbocycles. The van der Waals surface area contributed by atoms with Crippen molar-refractivity contribution in [1.29, 1.82) is 0 Å². The second-order valence-electron chi connectivity index (χ2n) is 5.00. The van der Waals surface area contributed by atoms with Gasteiger partial charge in [0.05, 0.1) is 11.0 Å². The van der Waals surface area contributed by atoms with E-state index in [2.05, 4.69) is 33.5 Å². The number of imidazole rings is 1. The van der Waals surface area contributed by atoms with Crippen LogP contribution >= 0.6 is 39.1 Å². The summed E-state index contributed by atoms with van der Waals surface area (Å²) >= 11 is 16.1. The number of nitrogens with zero attached hydrogens (tertiary/aromatic N) is 2. The summed E-state index contributed by atoms with van der Waals surface area (Å²) in [5.41, 5.74) is 4.16. The first-order valence-electron chi connectivity index (χ1n) is 6.52. The quantitative estimate of drug-likeness (QED) is 0.567. The van der Waals surface area contributed by atoms with Gasteiger partial charge in [0.15, 0.2) is 0 Å². The lowest BCUT2D eigenvalue weighted by atomic mass is 10.1. The minimum atomic E-state index is 0.612. The number of halogens is 3. The normalized spacial score (nSPS) is 11.3. The van der Waals surface area contributed by atoms with Gasteiger partial charge in [-0.15, -0.1) is 0 Å². The van der Waals surface area contributed by atoms with Gasteiger partial charge in [-0.2, -0.15) is 0 Å². The monoisotopic (exact) mass is 382 g/mol. The van der Waals surface area contributed by atoms with Gasteiger partial charge < -0.3 is 4.57 Å². The van der Waals surface area contributed by atoms with E-state index in [0.29, 0.717) is 16.5 Å². The SMILES string of the molecule is Cc1c(Br)ccc2c1nc(Cc1c(Cl)cccc1Cl)n2C. The summed E-state index contributed by atoms with van der Waals surface area (Å²) in [5, 5.41) is 1.35. The van der Waals surface area contributed by atoms with Crippen LogP contribution in [0.1, 0.15) is 17.0 Å². The van der Waals surface area contributed by atoms with Crippen LogP contribution in [0.2, 0.25) is 10.0 Å². The summed E-state index contributed by atoms with van der Waals surface area (Å²) in [7, 11) is 2.02. The predicted molar refractivity (Wildman–Crippen MR) is 92.4 cm³/mol. The largest absolute Gasteiger partial charge is 0.331 e. The second kappa shape index (κ2) is 5.64. The summed E-state index contributed by atoms with van der Waals surface area (Å²) in [6.07, 6.45) is 0.612. The van der Waals surface area contributed by atoms with Crippen molar-refractivity contribution in [3.8, 4) is 0 Å². The number of hydrogen-bond acceptors (Lipinski definition) is 1. The Labute approximate surface area is 141 Å². The highest BCUT2D eigenvalue weighted by atomic mass is 79.9. The standard InChI is InChI=1S/C16H13BrCl2N2/c1-9-11(17)6-7-14-16(9)20-15(21(14)2)8-10-12(18)4-3-5-13(10)19/h3-7H,8H2,1-2H3. The Hall–Kier alpha value is -1.03. The molecule has 3 rings (SSSR count). The molecule has 0 atom stereocenters. The van der Waals surface area contributed by atoms with E-state index in [4.69, 9.17) is 28.2 Å². The van der Waals surface area contributed by atoms with Crippen LogP contribution in [0, 0.1) is 6.92 Å². The third-order valence-corrected chi connectivity index (χ3v) is 5.30. The average Bonchev–Trinajstić information content (AvgIpc) is 2.76. The molecular weight excluding hydrogens is 371 g/mol. The molecule has 0 aliphatic carbocycles. The van der Waals surface area contributed by atoms with Crippen LogP contribution in [0.3, 0.4) is 0 Å². The van der Waals surface area contributed by atoms with Gasteiger partial charge in [0, 0.05) is 28.0 Å². The number of benzene rings is 2. The van der Waals surface area contributed by atoms with Crippen LogP contribution in [-0.2, 0) is 13.5 Å². The maximum atomic E-state index is 6.26. The van der Waals surface area contributed by atoms with Crippen LogP contribution < -0.4 is 0 Å². The molecule has 0 bridgehead atoms. The smallest absolute Gasteiger partial charge is 0.114 e. The summed E-state index contributed by atoms with van der Waals surface area (Å²) in [4.78, 5) is 4.77. The highest BCUT2D eigenvalue weighted by Crippen LogP contribution is 2.29. The van der Waals surface area contributed by atoms with E-state index in [1.54, 1.807) is 0 Å². The second-order valence-corrected chi connectivity index (χ2v) is 6.67. The topological polar surface area (TPSA) is 17.8 Å². The van der Waals surface area contributed by atoms with Crippen molar-refractivity contribution >= 4 is 50.2 Å². The van der Waals surface area contributed by atoms with Gasteiger partial charge in [0.25, 0.3) is 0 Å². The van der Waals surface area contributed by atoms with Crippen molar-refractivity contribution < 1.29 is 0 Å². The Morgan fingerprint density at radius 2 is 1.81 bits per heavy atom. The van der Waals surface area contributed by atoms with Crippen molar-refractivity contribution in [3.63, 3.8) is 0 Å². The number of hydrogen-bond donors (Lipinski definition) is 0. The predicted octanol–water partition coefficient (Wildman–Crippen LogP) is 5.54. The highest BCUT2D eigenvalue weighted by molar-refractivity contribution is 9.10. The molecule has 0 spiro atoms. The van der Waals surface area contributed by atoms with Crippen LogP contribution in [-0.4, -0.2) is 9.55 Å². The summed E-state index contributed by atoms with van der Waals surface area (Å²) < 4.78 is 3.16. The molecule has 0 aliphatic rings. The average molecular weight is 384 g/mol. The highest BCUT2D eigenvalue weighted by Gasteiger charge is 2.14. The zero-order chi connectivity index (χ0) is 15.1. The molecule has 0 N–H and O–H groups in total. The zero-order valence-corrected chi connectivity index (χ0v) is 14.7. The van der Waals surface area contributed by atoms with E-state index in [9.17, 15) is 0 Å². The third-order valence-electron chi connectivity index (χ3n) is 3.73. The lowest BCUT2D eigenvalue weighted by Crippen LogP contribution is -2.00. The first-order chi connectivity index (χ1) is 9.99. The molecule has 0 unspecified atom stereocenters. The number of aromatic nitrogens is 2. The Morgan fingerprint density at radius 3 is 2.48 bits per heavy atom. The molecule has 0 saturated carbocycles. The maximum absolute atomic E-state index is 6.26. The van der Waals surface area contributed by atoms with Gasteiger partial charge in [-0.3, -0.25) is 0 Å². The minimum Gasteiger partial charge on any atom is -0.331 e. The molecule has 0 radical (unpaired) electrons. The molecule has 21 heavy (non-hydrogen) atoms. The van der Waals surface area contributed by atoms with E-state index < -0.39 is 0 Å². The first kappa shape index (κ1) is 14.9. The zero-order valence-electron chi connectivity index (χ0n) is 11.6. The molecule has 1 aromatic heterocycles. The summed E-state index contributed by atoms with van der Waals surface area (Å²) in [6, 6.07) is 9.67. The molecule has 2 nitrogen and oxygen atoms in total. The number of fused-ring (bicyclic) bond motifs is 1. The number of aryl methyl sites for hydroxylation is 2. The van der Waals surface area contributed by atoms with Gasteiger partial charge in [-0.25, -0.2) is 4.98 Å². The molecule has 0 aliphatic heterocycles. The molecular formula is C16H13BrCl2N2. The van der Waals surface area contributed by atoms with E-state index in [1.807, 2.05) is 31.3 Å². The van der Waals surface area contributed by atoms with Crippen LogP contribution in [0.5, 0.6) is 0 Å². The third kappa shape index (κ3) is 2.59. The molecule has 0 saturated heterocycles. The van der Waals surface area contributed by atoms with E-state index in [1.165, 1.54) is 0 Å². The first-order valence-corrected chi connectivity index (χ1v) is 8.07. The molecule has 108 valence electrons. The van der Waals surface area contributed by atoms with Crippen LogP contribution in [0.4, 0.5) is 0 Å². The van der Waals surface area contributed by atoms with E-state index in [-0.39, 0.29) is 0 Å². The Balaban J connectivity index is 2.14. The van der Waals surface area contributed by atoms with Crippen LogP contribution in [0.15, 0.2) is 34.8 Å². The fourth-order valence-corrected chi connectivity index (χ4v) is 3.28. The van der Waals surface area contributed by atoms with Crippen molar-refractivity contribution in [2.75, 3.05) is 0 Å². The lowest BCUT2D eigenvalue weighted by Gasteiger charge is -2.07.